The number of carbonyl (C=O) groups excluding carboxylic acids is 1. The fourth-order valence-electron chi connectivity index (χ4n) is 2.70. The van der Waals surface area contributed by atoms with E-state index in [1.165, 1.54) is 0 Å². The molecule has 0 aliphatic carbocycles. The number of hydrogen-bond acceptors (Lipinski definition) is 4. The molecule has 0 atom stereocenters. The number of aromatic nitrogens is 1. The van der Waals surface area contributed by atoms with Crippen molar-refractivity contribution in [2.45, 2.75) is 4.90 Å². The average Bonchev–Trinajstić information content (AvgIpc) is 2.86. The first-order valence-electron chi connectivity index (χ1n) is 7.11. The van der Waals surface area contributed by atoms with Crippen LogP contribution in [0.15, 0.2) is 35.4 Å². The Morgan fingerprint density at radius 3 is 2.64 bits per heavy atom. The summed E-state index contributed by atoms with van der Waals surface area (Å²) < 4.78 is 32.2. The van der Waals surface area contributed by atoms with E-state index in [0.717, 1.165) is 5.52 Å². The molecule has 0 N–H and O–H groups in total. The van der Waals surface area contributed by atoms with Crippen molar-refractivity contribution in [3.05, 3.63) is 30.5 Å². The number of fused-ring (bicyclic) bond motifs is 1. The second-order valence-electron chi connectivity index (χ2n) is 5.37. The number of amides is 1. The molecule has 118 valence electrons. The van der Waals surface area contributed by atoms with Gasteiger partial charge in [-0.1, -0.05) is 18.2 Å². The lowest BCUT2D eigenvalue weighted by Crippen LogP contribution is -2.43. The van der Waals surface area contributed by atoms with Gasteiger partial charge in [0.05, 0.1) is 18.1 Å². The minimum absolute atomic E-state index is 0.215. The van der Waals surface area contributed by atoms with Crippen LogP contribution in [0.1, 0.15) is 0 Å². The zero-order valence-corrected chi connectivity index (χ0v) is 13.2. The summed E-state index contributed by atoms with van der Waals surface area (Å²) in [7, 11) is -1.87. The highest BCUT2D eigenvalue weighted by Crippen LogP contribution is 2.25. The second-order valence-corrected chi connectivity index (χ2v) is 7.33. The fourth-order valence-corrected chi connectivity index (χ4v) is 4.19. The number of para-hydroxylation sites is 1. The van der Waals surface area contributed by atoms with Gasteiger partial charge in [-0.3, -0.25) is 4.79 Å². The molecule has 0 bridgehead atoms. The molecule has 1 fully saturated rings. The molecule has 7 heteroatoms. The Morgan fingerprint density at radius 2 is 1.91 bits per heavy atom. The van der Waals surface area contributed by atoms with E-state index < -0.39 is 15.6 Å². The largest absolute Gasteiger partial charge is 0.378 e. The maximum Gasteiger partial charge on any atom is 0.238 e. The highest BCUT2D eigenvalue weighted by atomic mass is 32.2. The molecule has 0 spiro atoms. The lowest BCUT2D eigenvalue weighted by molar-refractivity contribution is -0.132. The van der Waals surface area contributed by atoms with Gasteiger partial charge in [-0.15, -0.1) is 0 Å². The second kappa shape index (κ2) is 5.73. The van der Waals surface area contributed by atoms with Gasteiger partial charge >= 0.3 is 0 Å². The van der Waals surface area contributed by atoms with Crippen molar-refractivity contribution >= 4 is 26.6 Å². The van der Waals surface area contributed by atoms with E-state index in [1.54, 1.807) is 34.8 Å². The van der Waals surface area contributed by atoms with Crippen LogP contribution < -0.4 is 0 Å². The first-order chi connectivity index (χ1) is 10.5. The molecule has 1 saturated heterocycles. The molecule has 0 saturated carbocycles. The van der Waals surface area contributed by atoms with Gasteiger partial charge < -0.3 is 14.2 Å². The smallest absolute Gasteiger partial charge is 0.238 e. The number of sulfone groups is 1. The van der Waals surface area contributed by atoms with Crippen molar-refractivity contribution in [2.24, 2.45) is 7.05 Å². The normalized spacial score (nSPS) is 16.1. The number of ether oxygens (including phenoxy) is 1. The van der Waals surface area contributed by atoms with Gasteiger partial charge in [0.1, 0.15) is 5.75 Å². The predicted octanol–water partition coefficient (Wildman–Crippen LogP) is 0.811. The summed E-state index contributed by atoms with van der Waals surface area (Å²) in [6, 6.07) is 7.28. The highest BCUT2D eigenvalue weighted by Gasteiger charge is 2.27. The van der Waals surface area contributed by atoms with E-state index in [4.69, 9.17) is 4.74 Å². The van der Waals surface area contributed by atoms with Crippen LogP contribution in [0, 0.1) is 0 Å². The molecule has 6 nitrogen and oxygen atoms in total. The number of morpholine rings is 1. The fraction of sp³-hybridized carbons (Fsp3) is 0.400. The Kier molecular flexibility index (Phi) is 3.92. The van der Waals surface area contributed by atoms with Crippen LogP contribution in [0.25, 0.3) is 10.9 Å². The third kappa shape index (κ3) is 2.74. The molecular formula is C15H18N2O4S. The van der Waals surface area contributed by atoms with Gasteiger partial charge in [0.15, 0.2) is 9.84 Å². The molecule has 3 rings (SSSR count). The van der Waals surface area contributed by atoms with Gasteiger partial charge in [-0.05, 0) is 6.07 Å². The summed E-state index contributed by atoms with van der Waals surface area (Å²) in [6.07, 6.45) is 1.58. The number of nitrogens with zero attached hydrogens (tertiary/aromatic N) is 2. The van der Waals surface area contributed by atoms with Crippen molar-refractivity contribution in [1.82, 2.24) is 9.47 Å². The average molecular weight is 322 g/mol. The standard InChI is InChI=1S/C15H18N2O4S/c1-16-10-14(12-4-2-3-5-13(12)16)22(19,20)11-15(18)17-6-8-21-9-7-17/h2-5,10H,6-9,11H2,1H3. The van der Waals surface area contributed by atoms with E-state index >= 15 is 0 Å². The lowest BCUT2D eigenvalue weighted by Gasteiger charge is -2.26. The quantitative estimate of drug-likeness (QED) is 0.839. The summed E-state index contributed by atoms with van der Waals surface area (Å²) >= 11 is 0. The predicted molar refractivity (Wildman–Crippen MR) is 82.4 cm³/mol. The van der Waals surface area contributed by atoms with Crippen molar-refractivity contribution in [2.75, 3.05) is 32.1 Å². The molecule has 0 unspecified atom stereocenters. The third-order valence-corrected chi connectivity index (χ3v) is 5.50. The van der Waals surface area contributed by atoms with Crippen molar-refractivity contribution in [3.8, 4) is 0 Å². The maximum absolute atomic E-state index is 12.6. The van der Waals surface area contributed by atoms with E-state index in [9.17, 15) is 13.2 Å². The van der Waals surface area contributed by atoms with Crippen LogP contribution in [0.3, 0.4) is 0 Å². The van der Waals surface area contributed by atoms with Crippen molar-refractivity contribution < 1.29 is 17.9 Å². The van der Waals surface area contributed by atoms with E-state index in [0.29, 0.717) is 31.7 Å². The number of aryl methyl sites for hydroxylation is 1. The van der Waals surface area contributed by atoms with Gasteiger partial charge in [0.2, 0.25) is 5.91 Å². The van der Waals surface area contributed by atoms with Crippen LogP contribution >= 0.6 is 0 Å². The first kappa shape index (κ1) is 15.1. The minimum Gasteiger partial charge on any atom is -0.378 e. The molecule has 1 aliphatic heterocycles. The number of hydrogen-bond donors (Lipinski definition) is 0. The molecule has 2 aromatic rings. The first-order valence-corrected chi connectivity index (χ1v) is 8.76. The Labute approximate surface area is 129 Å². The van der Waals surface area contributed by atoms with Gasteiger partial charge in [-0.2, -0.15) is 0 Å². The Bertz CT molecular complexity index is 804. The molecule has 2 heterocycles. The van der Waals surface area contributed by atoms with Crippen LogP contribution in [-0.2, 0) is 26.4 Å². The van der Waals surface area contributed by atoms with E-state index in [1.807, 2.05) is 12.1 Å². The van der Waals surface area contributed by atoms with Crippen molar-refractivity contribution in [1.29, 1.82) is 0 Å². The van der Waals surface area contributed by atoms with E-state index in [-0.39, 0.29) is 10.8 Å². The van der Waals surface area contributed by atoms with Gasteiger partial charge in [0, 0.05) is 37.2 Å². The van der Waals surface area contributed by atoms with Gasteiger partial charge in [0.25, 0.3) is 0 Å². The third-order valence-electron chi connectivity index (χ3n) is 3.87. The monoisotopic (exact) mass is 322 g/mol. The van der Waals surface area contributed by atoms with Crippen LogP contribution in [0.4, 0.5) is 0 Å². The Hall–Kier alpha value is -1.86. The summed E-state index contributed by atoms with van der Waals surface area (Å²) in [5.74, 6) is -0.864. The molecule has 0 radical (unpaired) electrons. The summed E-state index contributed by atoms with van der Waals surface area (Å²) in [6.45, 7) is 1.81. The zero-order valence-electron chi connectivity index (χ0n) is 12.4. The Balaban J connectivity index is 1.90. The van der Waals surface area contributed by atoms with Crippen molar-refractivity contribution in [3.63, 3.8) is 0 Å². The van der Waals surface area contributed by atoms with Crippen LogP contribution in [0.2, 0.25) is 0 Å². The SMILES string of the molecule is Cn1cc(S(=O)(=O)CC(=O)N2CCOCC2)c2ccccc21. The molecule has 22 heavy (non-hydrogen) atoms. The van der Waals surface area contributed by atoms with Gasteiger partial charge in [-0.25, -0.2) is 8.42 Å². The lowest BCUT2D eigenvalue weighted by atomic mass is 10.2. The van der Waals surface area contributed by atoms with E-state index in [2.05, 4.69) is 0 Å². The molecule has 1 aliphatic rings. The molecule has 1 aromatic carbocycles. The number of rotatable bonds is 3. The van der Waals surface area contributed by atoms with Crippen LogP contribution in [0.5, 0.6) is 0 Å². The summed E-state index contributed by atoms with van der Waals surface area (Å²) in [4.78, 5) is 14.0. The number of carbonyl (C=O) groups is 1. The molecule has 1 aromatic heterocycles. The Morgan fingerprint density at radius 1 is 1.23 bits per heavy atom. The summed E-state index contributed by atoms with van der Waals surface area (Å²) in [5, 5.41) is 0.653. The maximum atomic E-state index is 12.6. The minimum atomic E-state index is -3.67. The molecular weight excluding hydrogens is 304 g/mol. The van der Waals surface area contributed by atoms with Crippen LogP contribution in [-0.4, -0.2) is 55.8 Å². The zero-order chi connectivity index (χ0) is 15.7. The molecule has 1 amide bonds. The highest BCUT2D eigenvalue weighted by molar-refractivity contribution is 7.92. The topological polar surface area (TPSA) is 68.6 Å². The summed E-state index contributed by atoms with van der Waals surface area (Å²) in [5.41, 5.74) is 0.833. The number of benzene rings is 1.